The number of hydrogen-bond donors (Lipinski definition) is 1. The number of rotatable bonds is 3. The molecule has 3 fully saturated rings. The van der Waals surface area contributed by atoms with Gasteiger partial charge in [0.25, 0.3) is 0 Å². The zero-order valence-electron chi connectivity index (χ0n) is 9.21. The molecule has 2 aliphatic carbocycles. The van der Waals surface area contributed by atoms with Gasteiger partial charge in [0.05, 0.1) is 0 Å². The highest BCUT2D eigenvalue weighted by Crippen LogP contribution is 2.42. The van der Waals surface area contributed by atoms with Crippen molar-refractivity contribution in [2.24, 2.45) is 11.8 Å². The van der Waals surface area contributed by atoms with Crippen LogP contribution in [0.2, 0.25) is 0 Å². The Morgan fingerprint density at radius 1 is 1.21 bits per heavy atom. The minimum Gasteiger partial charge on any atom is -0.311 e. The van der Waals surface area contributed by atoms with Gasteiger partial charge in [0.1, 0.15) is 0 Å². The molecule has 0 spiro atoms. The largest absolute Gasteiger partial charge is 0.311 e. The molecular formula is C12H22N2. The highest BCUT2D eigenvalue weighted by Gasteiger charge is 2.45. The van der Waals surface area contributed by atoms with Gasteiger partial charge in [-0.3, -0.25) is 0 Å². The van der Waals surface area contributed by atoms with Gasteiger partial charge in [-0.05, 0) is 57.5 Å². The van der Waals surface area contributed by atoms with Gasteiger partial charge < -0.3 is 10.2 Å². The molecule has 3 atom stereocenters. The molecule has 3 unspecified atom stereocenters. The van der Waals surface area contributed by atoms with Crippen molar-refractivity contribution >= 4 is 0 Å². The van der Waals surface area contributed by atoms with Crippen molar-refractivity contribution in [3.8, 4) is 0 Å². The molecule has 2 nitrogen and oxygen atoms in total. The zero-order valence-corrected chi connectivity index (χ0v) is 9.21. The highest BCUT2D eigenvalue weighted by atomic mass is 15.1. The summed E-state index contributed by atoms with van der Waals surface area (Å²) in [7, 11) is 2.28. The second-order valence-electron chi connectivity index (χ2n) is 5.61. The lowest BCUT2D eigenvalue weighted by molar-refractivity contribution is 0.190. The van der Waals surface area contributed by atoms with Crippen molar-refractivity contribution in [3.63, 3.8) is 0 Å². The maximum atomic E-state index is 3.77. The van der Waals surface area contributed by atoms with E-state index in [-0.39, 0.29) is 0 Å². The number of likely N-dealkylation sites (tertiary alicyclic amines) is 1. The molecule has 0 amide bonds. The molecule has 3 rings (SSSR count). The first kappa shape index (κ1) is 9.17. The van der Waals surface area contributed by atoms with Gasteiger partial charge in [-0.25, -0.2) is 0 Å². The van der Waals surface area contributed by atoms with Crippen LogP contribution in [-0.2, 0) is 0 Å². The predicted octanol–water partition coefficient (Wildman–Crippen LogP) is 1.47. The second-order valence-corrected chi connectivity index (χ2v) is 5.61. The van der Waals surface area contributed by atoms with Gasteiger partial charge in [0.2, 0.25) is 0 Å². The molecule has 0 aromatic heterocycles. The smallest absolute Gasteiger partial charge is 0.0105 e. The van der Waals surface area contributed by atoms with Crippen LogP contribution in [0.15, 0.2) is 0 Å². The Bertz CT molecular complexity index is 212. The number of nitrogens with zero attached hydrogens (tertiary/aromatic N) is 1. The molecule has 1 aliphatic heterocycles. The SMILES string of the molecule is CN1CCCC(C2CC2NC2CC2)C1. The third-order valence-electron chi connectivity index (χ3n) is 4.13. The molecule has 1 heterocycles. The summed E-state index contributed by atoms with van der Waals surface area (Å²) < 4.78 is 0. The molecule has 0 radical (unpaired) electrons. The number of hydrogen-bond acceptors (Lipinski definition) is 2. The standard InChI is InChI=1S/C12H22N2/c1-14-6-2-3-9(8-14)11-7-12(11)13-10-4-5-10/h9-13H,2-8H2,1H3. The summed E-state index contributed by atoms with van der Waals surface area (Å²) in [5.41, 5.74) is 0. The van der Waals surface area contributed by atoms with E-state index in [4.69, 9.17) is 0 Å². The van der Waals surface area contributed by atoms with Crippen molar-refractivity contribution in [2.45, 2.75) is 44.2 Å². The van der Waals surface area contributed by atoms with Gasteiger partial charge >= 0.3 is 0 Å². The Balaban J connectivity index is 1.47. The van der Waals surface area contributed by atoms with Crippen molar-refractivity contribution in [3.05, 3.63) is 0 Å². The van der Waals surface area contributed by atoms with E-state index in [1.165, 1.54) is 45.2 Å². The predicted molar refractivity (Wildman–Crippen MR) is 58.3 cm³/mol. The summed E-state index contributed by atoms with van der Waals surface area (Å²) in [5.74, 6) is 2.03. The van der Waals surface area contributed by atoms with Crippen LogP contribution in [0.4, 0.5) is 0 Å². The van der Waals surface area contributed by atoms with Crippen LogP contribution in [0.1, 0.15) is 32.1 Å². The molecule has 2 heteroatoms. The number of piperidine rings is 1. The lowest BCUT2D eigenvalue weighted by Gasteiger charge is -2.30. The third-order valence-corrected chi connectivity index (χ3v) is 4.13. The molecule has 14 heavy (non-hydrogen) atoms. The highest BCUT2D eigenvalue weighted by molar-refractivity contribution is 5.01. The van der Waals surface area contributed by atoms with Crippen molar-refractivity contribution < 1.29 is 0 Å². The quantitative estimate of drug-likeness (QED) is 0.732. The van der Waals surface area contributed by atoms with E-state index < -0.39 is 0 Å². The summed E-state index contributed by atoms with van der Waals surface area (Å²) in [6, 6.07) is 1.81. The molecule has 2 saturated carbocycles. The summed E-state index contributed by atoms with van der Waals surface area (Å²) in [5, 5.41) is 3.77. The van der Waals surface area contributed by atoms with Crippen LogP contribution < -0.4 is 5.32 Å². The Kier molecular flexibility index (Phi) is 2.29. The molecule has 0 aromatic carbocycles. The van der Waals surface area contributed by atoms with Gasteiger partial charge in [-0.1, -0.05) is 0 Å². The fourth-order valence-corrected chi connectivity index (χ4v) is 3.04. The van der Waals surface area contributed by atoms with Crippen LogP contribution in [0, 0.1) is 11.8 Å². The molecule has 3 aliphatic rings. The lowest BCUT2D eigenvalue weighted by atomic mass is 9.93. The van der Waals surface area contributed by atoms with E-state index in [9.17, 15) is 0 Å². The summed E-state index contributed by atoms with van der Waals surface area (Å²) >= 11 is 0. The third kappa shape index (κ3) is 1.96. The van der Waals surface area contributed by atoms with Crippen molar-refractivity contribution in [1.29, 1.82) is 0 Å². The zero-order chi connectivity index (χ0) is 9.54. The van der Waals surface area contributed by atoms with E-state index in [0.717, 1.165) is 23.9 Å². The van der Waals surface area contributed by atoms with Crippen LogP contribution >= 0.6 is 0 Å². The first-order valence-electron chi connectivity index (χ1n) is 6.27. The molecule has 1 N–H and O–H groups in total. The molecule has 80 valence electrons. The second kappa shape index (κ2) is 3.49. The minimum absolute atomic E-state index is 0.902. The fraction of sp³-hybridized carbons (Fsp3) is 1.00. The van der Waals surface area contributed by atoms with Gasteiger partial charge in [0.15, 0.2) is 0 Å². The van der Waals surface area contributed by atoms with Crippen molar-refractivity contribution in [1.82, 2.24) is 10.2 Å². The lowest BCUT2D eigenvalue weighted by Crippen LogP contribution is -2.34. The number of nitrogens with one attached hydrogen (secondary N) is 1. The monoisotopic (exact) mass is 194 g/mol. The van der Waals surface area contributed by atoms with E-state index >= 15 is 0 Å². The van der Waals surface area contributed by atoms with E-state index in [2.05, 4.69) is 17.3 Å². The Labute approximate surface area is 87.0 Å². The Hall–Kier alpha value is -0.0800. The Morgan fingerprint density at radius 3 is 2.79 bits per heavy atom. The summed E-state index contributed by atoms with van der Waals surface area (Å²) in [6.07, 6.45) is 7.25. The molecule has 1 saturated heterocycles. The van der Waals surface area contributed by atoms with E-state index in [0.29, 0.717) is 0 Å². The average Bonchev–Trinajstić information content (AvgIpc) is 3.02. The molecule has 0 bridgehead atoms. The van der Waals surface area contributed by atoms with Gasteiger partial charge in [-0.15, -0.1) is 0 Å². The summed E-state index contributed by atoms with van der Waals surface area (Å²) in [6.45, 7) is 2.68. The van der Waals surface area contributed by atoms with E-state index in [1.54, 1.807) is 0 Å². The minimum atomic E-state index is 0.902. The summed E-state index contributed by atoms with van der Waals surface area (Å²) in [4.78, 5) is 2.51. The van der Waals surface area contributed by atoms with Crippen LogP contribution in [0.5, 0.6) is 0 Å². The van der Waals surface area contributed by atoms with Crippen LogP contribution in [0.3, 0.4) is 0 Å². The van der Waals surface area contributed by atoms with Gasteiger partial charge in [0, 0.05) is 18.6 Å². The maximum Gasteiger partial charge on any atom is 0.0105 e. The molecular weight excluding hydrogens is 172 g/mol. The fourth-order valence-electron chi connectivity index (χ4n) is 3.04. The average molecular weight is 194 g/mol. The topological polar surface area (TPSA) is 15.3 Å². The first-order valence-corrected chi connectivity index (χ1v) is 6.27. The maximum absolute atomic E-state index is 3.77. The first-order chi connectivity index (χ1) is 6.83. The van der Waals surface area contributed by atoms with Crippen LogP contribution in [-0.4, -0.2) is 37.1 Å². The van der Waals surface area contributed by atoms with Gasteiger partial charge in [-0.2, -0.15) is 0 Å². The normalized spacial score (nSPS) is 43.9. The Morgan fingerprint density at radius 2 is 2.07 bits per heavy atom. The van der Waals surface area contributed by atoms with E-state index in [1.807, 2.05) is 0 Å². The van der Waals surface area contributed by atoms with Crippen LogP contribution in [0.25, 0.3) is 0 Å². The molecule has 0 aromatic rings. The van der Waals surface area contributed by atoms with Crippen molar-refractivity contribution in [2.75, 3.05) is 20.1 Å².